The molecule has 0 heterocycles. The topological polar surface area (TPSA) is 70.8 Å². The summed E-state index contributed by atoms with van der Waals surface area (Å²) in [5.41, 5.74) is 6.60. The maximum absolute atomic E-state index is 11.1. The van der Waals surface area contributed by atoms with Gasteiger partial charge < -0.3 is 19.9 Å². The lowest BCUT2D eigenvalue weighted by atomic mass is 10.1. The predicted octanol–water partition coefficient (Wildman–Crippen LogP) is 1.92. The number of rotatable bonds is 9. The highest BCUT2D eigenvalue weighted by molar-refractivity contribution is 5.69. The molecule has 1 aromatic carbocycles. The van der Waals surface area contributed by atoms with Gasteiger partial charge in [-0.3, -0.25) is 4.79 Å². The summed E-state index contributed by atoms with van der Waals surface area (Å²) < 4.78 is 15.8. The maximum atomic E-state index is 11.1. The third-order valence-electron chi connectivity index (χ3n) is 2.72. The van der Waals surface area contributed by atoms with Crippen LogP contribution in [0.3, 0.4) is 0 Å². The lowest BCUT2D eigenvalue weighted by Crippen LogP contribution is -2.10. The first-order chi connectivity index (χ1) is 9.71. The fourth-order valence-corrected chi connectivity index (χ4v) is 1.69. The van der Waals surface area contributed by atoms with E-state index in [4.69, 9.17) is 15.2 Å². The molecule has 5 heteroatoms. The molecule has 1 aromatic rings. The van der Waals surface area contributed by atoms with Crippen molar-refractivity contribution < 1.29 is 19.0 Å². The highest BCUT2D eigenvalue weighted by Crippen LogP contribution is 2.25. The van der Waals surface area contributed by atoms with Gasteiger partial charge in [-0.25, -0.2) is 0 Å². The molecule has 0 aromatic heterocycles. The average molecular weight is 281 g/mol. The average Bonchev–Trinajstić information content (AvgIpc) is 2.47. The van der Waals surface area contributed by atoms with Crippen LogP contribution in [0.5, 0.6) is 11.5 Å². The van der Waals surface area contributed by atoms with Crippen LogP contribution >= 0.6 is 0 Å². The van der Waals surface area contributed by atoms with Crippen molar-refractivity contribution in [2.24, 2.45) is 5.73 Å². The first-order valence-electron chi connectivity index (χ1n) is 6.86. The number of carbonyl (C=O) groups excluding carboxylic acids is 1. The Kier molecular flexibility index (Phi) is 7.50. The van der Waals surface area contributed by atoms with E-state index in [2.05, 4.69) is 11.7 Å². The van der Waals surface area contributed by atoms with Gasteiger partial charge in [-0.2, -0.15) is 0 Å². The zero-order chi connectivity index (χ0) is 14.8. The molecule has 1 rings (SSSR count). The molecule has 0 aliphatic carbocycles. The van der Waals surface area contributed by atoms with E-state index in [1.807, 2.05) is 18.2 Å². The van der Waals surface area contributed by atoms with Crippen LogP contribution in [0, 0.1) is 0 Å². The third-order valence-corrected chi connectivity index (χ3v) is 2.72. The largest absolute Gasteiger partial charge is 0.493 e. The fraction of sp³-hybridized carbons (Fsp3) is 0.533. The first kappa shape index (κ1) is 16.3. The standard InChI is InChI=1S/C15H23NO4/c1-3-9-19-13-5-4-12(6-8-16)14(11-13)20-10-7-15(17)18-2/h4-5,11H,3,6-10,16H2,1-2H3. The van der Waals surface area contributed by atoms with Crippen molar-refractivity contribution in [3.05, 3.63) is 23.8 Å². The van der Waals surface area contributed by atoms with E-state index in [1.165, 1.54) is 7.11 Å². The van der Waals surface area contributed by atoms with Gasteiger partial charge >= 0.3 is 5.97 Å². The van der Waals surface area contributed by atoms with E-state index in [0.717, 1.165) is 24.2 Å². The molecule has 0 amide bonds. The van der Waals surface area contributed by atoms with Crippen LogP contribution in [0.2, 0.25) is 0 Å². The van der Waals surface area contributed by atoms with Crippen LogP contribution in [-0.2, 0) is 16.0 Å². The molecule has 0 unspecified atom stereocenters. The van der Waals surface area contributed by atoms with Gasteiger partial charge in [-0.1, -0.05) is 13.0 Å². The summed E-state index contributed by atoms with van der Waals surface area (Å²) in [7, 11) is 1.36. The summed E-state index contributed by atoms with van der Waals surface area (Å²) in [4.78, 5) is 11.1. The van der Waals surface area contributed by atoms with Gasteiger partial charge in [-0.15, -0.1) is 0 Å². The Labute approximate surface area is 120 Å². The van der Waals surface area contributed by atoms with Crippen LogP contribution in [0.4, 0.5) is 0 Å². The number of hydrogen-bond acceptors (Lipinski definition) is 5. The van der Waals surface area contributed by atoms with Crippen LogP contribution in [0.1, 0.15) is 25.3 Å². The molecule has 0 bridgehead atoms. The lowest BCUT2D eigenvalue weighted by Gasteiger charge is -2.13. The molecular weight excluding hydrogens is 258 g/mol. The lowest BCUT2D eigenvalue weighted by molar-refractivity contribution is -0.141. The third kappa shape index (κ3) is 5.48. The normalized spacial score (nSPS) is 10.2. The van der Waals surface area contributed by atoms with Crippen molar-refractivity contribution in [1.29, 1.82) is 0 Å². The summed E-state index contributed by atoms with van der Waals surface area (Å²) in [6.07, 6.45) is 1.89. The molecule has 0 radical (unpaired) electrons. The summed E-state index contributed by atoms with van der Waals surface area (Å²) >= 11 is 0. The van der Waals surface area contributed by atoms with Gasteiger partial charge in [0.1, 0.15) is 11.5 Å². The molecule has 0 atom stereocenters. The molecule has 0 fully saturated rings. The molecule has 112 valence electrons. The quantitative estimate of drug-likeness (QED) is 0.700. The first-order valence-corrected chi connectivity index (χ1v) is 6.86. The van der Waals surface area contributed by atoms with Crippen molar-refractivity contribution >= 4 is 5.97 Å². The van der Waals surface area contributed by atoms with Crippen LogP contribution in [0.25, 0.3) is 0 Å². The minimum atomic E-state index is -0.288. The van der Waals surface area contributed by atoms with E-state index < -0.39 is 0 Å². The van der Waals surface area contributed by atoms with E-state index in [0.29, 0.717) is 18.9 Å². The number of hydrogen-bond donors (Lipinski definition) is 1. The van der Waals surface area contributed by atoms with Crippen LogP contribution < -0.4 is 15.2 Å². The minimum Gasteiger partial charge on any atom is -0.493 e. The zero-order valence-electron chi connectivity index (χ0n) is 12.2. The Balaban J connectivity index is 2.69. The summed E-state index contributed by atoms with van der Waals surface area (Å²) in [6, 6.07) is 5.71. The second-order valence-corrected chi connectivity index (χ2v) is 4.33. The van der Waals surface area contributed by atoms with Crippen molar-refractivity contribution in [3.8, 4) is 11.5 Å². The van der Waals surface area contributed by atoms with Gasteiger partial charge in [0.2, 0.25) is 0 Å². The van der Waals surface area contributed by atoms with Crippen LogP contribution in [0.15, 0.2) is 18.2 Å². The van der Waals surface area contributed by atoms with E-state index in [1.54, 1.807) is 0 Å². The molecule has 0 saturated heterocycles. The maximum Gasteiger partial charge on any atom is 0.308 e. The van der Waals surface area contributed by atoms with Crippen molar-refractivity contribution in [2.45, 2.75) is 26.2 Å². The van der Waals surface area contributed by atoms with Crippen LogP contribution in [-0.4, -0.2) is 32.8 Å². The minimum absolute atomic E-state index is 0.221. The Morgan fingerprint density at radius 1 is 1.25 bits per heavy atom. The number of nitrogens with two attached hydrogens (primary N) is 1. The summed E-state index contributed by atoms with van der Waals surface area (Å²) in [5.74, 6) is 1.19. The van der Waals surface area contributed by atoms with Crippen molar-refractivity contribution in [3.63, 3.8) is 0 Å². The molecular formula is C15H23NO4. The number of carbonyl (C=O) groups is 1. The predicted molar refractivity (Wildman–Crippen MR) is 77.1 cm³/mol. The van der Waals surface area contributed by atoms with Crippen molar-refractivity contribution in [1.82, 2.24) is 0 Å². The smallest absolute Gasteiger partial charge is 0.308 e. The van der Waals surface area contributed by atoms with Crippen molar-refractivity contribution in [2.75, 3.05) is 26.9 Å². The van der Waals surface area contributed by atoms with Gasteiger partial charge in [0.15, 0.2) is 0 Å². The zero-order valence-corrected chi connectivity index (χ0v) is 12.2. The highest BCUT2D eigenvalue weighted by atomic mass is 16.5. The van der Waals surface area contributed by atoms with E-state index >= 15 is 0 Å². The molecule has 0 aliphatic heterocycles. The number of methoxy groups -OCH3 is 1. The van der Waals surface area contributed by atoms with Gasteiger partial charge in [0.05, 0.1) is 26.7 Å². The molecule has 0 spiro atoms. The molecule has 5 nitrogen and oxygen atoms in total. The molecule has 0 aliphatic rings. The Morgan fingerprint density at radius 3 is 2.70 bits per heavy atom. The summed E-state index contributed by atoms with van der Waals surface area (Å²) in [6.45, 7) is 3.54. The Morgan fingerprint density at radius 2 is 2.05 bits per heavy atom. The number of benzene rings is 1. The van der Waals surface area contributed by atoms with Gasteiger partial charge in [-0.05, 0) is 31.0 Å². The second-order valence-electron chi connectivity index (χ2n) is 4.33. The fourth-order valence-electron chi connectivity index (χ4n) is 1.69. The van der Waals surface area contributed by atoms with E-state index in [-0.39, 0.29) is 19.0 Å². The molecule has 0 saturated carbocycles. The number of ether oxygens (including phenoxy) is 3. The summed E-state index contributed by atoms with van der Waals surface area (Å²) in [5, 5.41) is 0. The Hall–Kier alpha value is -1.75. The number of esters is 1. The molecule has 20 heavy (non-hydrogen) atoms. The van der Waals surface area contributed by atoms with Gasteiger partial charge in [0, 0.05) is 6.07 Å². The second kappa shape index (κ2) is 9.20. The monoisotopic (exact) mass is 281 g/mol. The molecule has 2 N–H and O–H groups in total. The van der Waals surface area contributed by atoms with Gasteiger partial charge in [0.25, 0.3) is 0 Å². The highest BCUT2D eigenvalue weighted by Gasteiger charge is 2.07. The SMILES string of the molecule is CCCOc1ccc(CCN)c(OCCC(=O)OC)c1. The Bertz CT molecular complexity index is 420. The van der Waals surface area contributed by atoms with E-state index in [9.17, 15) is 4.79 Å².